The van der Waals surface area contributed by atoms with Gasteiger partial charge in [0.2, 0.25) is 10.0 Å². The van der Waals surface area contributed by atoms with Gasteiger partial charge in [-0.05, 0) is 0 Å². The van der Waals surface area contributed by atoms with E-state index in [9.17, 15) is 13.2 Å². The molecule has 0 spiro atoms. The molecule has 1 aromatic heterocycles. The van der Waals surface area contributed by atoms with E-state index in [-0.39, 0.29) is 24.6 Å². The molecule has 2 heterocycles. The van der Waals surface area contributed by atoms with Crippen LogP contribution in [0.15, 0.2) is 17.3 Å². The molecule has 1 aromatic rings. The minimum absolute atomic E-state index is 0.0519. The third kappa shape index (κ3) is 2.37. The predicted octanol–water partition coefficient (Wildman–Crippen LogP) is -1.11. The number of rotatable bonds is 3. The monoisotopic (exact) mass is 275 g/mol. The largest absolute Gasteiger partial charge is 0.479 e. The number of sulfonamides is 1. The minimum atomic E-state index is -3.70. The smallest absolute Gasteiger partial charge is 0.334 e. The predicted molar refractivity (Wildman–Crippen MR) is 59.3 cm³/mol. The van der Waals surface area contributed by atoms with E-state index in [4.69, 9.17) is 9.84 Å². The Balaban J connectivity index is 2.22. The average Bonchev–Trinajstić information content (AvgIpc) is 2.77. The SMILES string of the molecule is Cn1cc(S(=O)(=O)N2CCOC(C(=O)O)C2)cn1. The third-order valence-corrected chi connectivity index (χ3v) is 4.44. The molecule has 1 aliphatic rings. The second-order valence-electron chi connectivity index (χ2n) is 3.91. The van der Waals surface area contributed by atoms with Crippen molar-refractivity contribution in [3.63, 3.8) is 0 Å². The molecule has 0 aromatic carbocycles. The van der Waals surface area contributed by atoms with Crippen molar-refractivity contribution < 1.29 is 23.1 Å². The number of ether oxygens (including phenoxy) is 1. The Kier molecular flexibility index (Phi) is 3.37. The van der Waals surface area contributed by atoms with Gasteiger partial charge in [0.05, 0.1) is 19.3 Å². The van der Waals surface area contributed by atoms with Crippen LogP contribution in [0.2, 0.25) is 0 Å². The Hall–Kier alpha value is -1.45. The summed E-state index contributed by atoms with van der Waals surface area (Å²) < 4.78 is 31.8. The number of hydrogen-bond donors (Lipinski definition) is 1. The van der Waals surface area contributed by atoms with Crippen molar-refractivity contribution in [1.82, 2.24) is 14.1 Å². The van der Waals surface area contributed by atoms with Crippen molar-refractivity contribution in [2.75, 3.05) is 19.7 Å². The Morgan fingerprint density at radius 2 is 2.33 bits per heavy atom. The van der Waals surface area contributed by atoms with Gasteiger partial charge in [0.15, 0.2) is 6.10 Å². The summed E-state index contributed by atoms with van der Waals surface area (Å²) in [5.74, 6) is -1.17. The second kappa shape index (κ2) is 4.67. The van der Waals surface area contributed by atoms with Gasteiger partial charge >= 0.3 is 5.97 Å². The van der Waals surface area contributed by atoms with E-state index < -0.39 is 22.1 Å². The number of nitrogens with zero attached hydrogens (tertiary/aromatic N) is 3. The van der Waals surface area contributed by atoms with Crippen molar-refractivity contribution >= 4 is 16.0 Å². The summed E-state index contributed by atoms with van der Waals surface area (Å²) in [6, 6.07) is 0. The lowest BCUT2D eigenvalue weighted by Crippen LogP contribution is -2.48. The first-order chi connectivity index (χ1) is 8.41. The van der Waals surface area contributed by atoms with E-state index in [0.29, 0.717) is 0 Å². The van der Waals surface area contributed by atoms with Gasteiger partial charge in [-0.2, -0.15) is 9.40 Å². The lowest BCUT2D eigenvalue weighted by molar-refractivity contribution is -0.153. The highest BCUT2D eigenvalue weighted by Gasteiger charge is 2.34. The van der Waals surface area contributed by atoms with Gasteiger partial charge in [-0.3, -0.25) is 4.68 Å². The van der Waals surface area contributed by atoms with Crippen LogP contribution in [0.3, 0.4) is 0 Å². The molecule has 2 rings (SSSR count). The molecule has 8 nitrogen and oxygen atoms in total. The van der Waals surface area contributed by atoms with Crippen molar-refractivity contribution in [2.24, 2.45) is 7.05 Å². The standard InChI is InChI=1S/C9H13N3O5S/c1-11-5-7(4-10-11)18(15,16)12-2-3-17-8(6-12)9(13)14/h4-5,8H,2-3,6H2,1H3,(H,13,14). The number of carbonyl (C=O) groups is 1. The molecular weight excluding hydrogens is 262 g/mol. The van der Waals surface area contributed by atoms with E-state index in [1.165, 1.54) is 17.1 Å². The van der Waals surface area contributed by atoms with E-state index in [1.807, 2.05) is 0 Å². The van der Waals surface area contributed by atoms with E-state index >= 15 is 0 Å². The Labute approximate surface area is 104 Å². The molecule has 0 bridgehead atoms. The topological polar surface area (TPSA) is 102 Å². The average molecular weight is 275 g/mol. The highest BCUT2D eigenvalue weighted by molar-refractivity contribution is 7.89. The normalized spacial score (nSPS) is 21.9. The van der Waals surface area contributed by atoms with Crippen LogP contribution in [0.25, 0.3) is 0 Å². The first-order valence-electron chi connectivity index (χ1n) is 5.24. The highest BCUT2D eigenvalue weighted by Crippen LogP contribution is 2.18. The van der Waals surface area contributed by atoms with E-state index in [2.05, 4.69) is 5.10 Å². The zero-order chi connectivity index (χ0) is 13.3. The van der Waals surface area contributed by atoms with Crippen LogP contribution in [0, 0.1) is 0 Å². The second-order valence-corrected chi connectivity index (χ2v) is 5.85. The number of morpholine rings is 1. The summed E-state index contributed by atoms with van der Waals surface area (Å²) in [6.45, 7) is 0.0179. The first kappa shape index (κ1) is 13.0. The molecule has 0 amide bonds. The van der Waals surface area contributed by atoms with Crippen LogP contribution in [-0.4, -0.2) is 59.4 Å². The molecule has 1 aliphatic heterocycles. The quantitative estimate of drug-likeness (QED) is 0.751. The maximum atomic E-state index is 12.2. The molecule has 1 saturated heterocycles. The van der Waals surface area contributed by atoms with Crippen LogP contribution in [0.1, 0.15) is 0 Å². The molecule has 0 radical (unpaired) electrons. The van der Waals surface area contributed by atoms with Gasteiger partial charge < -0.3 is 9.84 Å². The van der Waals surface area contributed by atoms with E-state index in [0.717, 1.165) is 4.31 Å². The van der Waals surface area contributed by atoms with Gasteiger partial charge in [0.25, 0.3) is 0 Å². The molecule has 9 heteroatoms. The number of aliphatic carboxylic acids is 1. The Bertz CT molecular complexity index is 552. The molecule has 1 atom stereocenters. The molecule has 1 fully saturated rings. The van der Waals surface area contributed by atoms with E-state index in [1.54, 1.807) is 7.05 Å². The fourth-order valence-corrected chi connectivity index (χ4v) is 3.09. The minimum Gasteiger partial charge on any atom is -0.479 e. The third-order valence-electron chi connectivity index (χ3n) is 2.62. The molecule has 1 N–H and O–H groups in total. The fourth-order valence-electron chi connectivity index (χ4n) is 1.67. The number of aryl methyl sites for hydroxylation is 1. The maximum Gasteiger partial charge on any atom is 0.334 e. The first-order valence-corrected chi connectivity index (χ1v) is 6.68. The summed E-state index contributed by atoms with van der Waals surface area (Å²) in [5, 5.41) is 12.6. The van der Waals surface area contributed by atoms with Crippen LogP contribution in [0.5, 0.6) is 0 Å². The van der Waals surface area contributed by atoms with Gasteiger partial charge in [0.1, 0.15) is 4.90 Å². The highest BCUT2D eigenvalue weighted by atomic mass is 32.2. The summed E-state index contributed by atoms with van der Waals surface area (Å²) >= 11 is 0. The molecule has 18 heavy (non-hydrogen) atoms. The number of aromatic nitrogens is 2. The summed E-state index contributed by atoms with van der Waals surface area (Å²) in [4.78, 5) is 10.9. The Morgan fingerprint density at radius 1 is 1.61 bits per heavy atom. The van der Waals surface area contributed by atoms with Crippen molar-refractivity contribution in [1.29, 1.82) is 0 Å². The lowest BCUT2D eigenvalue weighted by atomic mass is 10.3. The van der Waals surface area contributed by atoms with Crippen molar-refractivity contribution in [3.8, 4) is 0 Å². The van der Waals surface area contributed by atoms with Crippen molar-refractivity contribution in [2.45, 2.75) is 11.0 Å². The number of carboxylic acid groups (broad SMARTS) is 1. The summed E-state index contributed by atoms with van der Waals surface area (Å²) in [6.07, 6.45) is 1.49. The zero-order valence-electron chi connectivity index (χ0n) is 9.68. The molecule has 0 saturated carbocycles. The maximum absolute atomic E-state index is 12.2. The molecule has 100 valence electrons. The zero-order valence-corrected chi connectivity index (χ0v) is 10.5. The number of carboxylic acids is 1. The Morgan fingerprint density at radius 3 is 2.89 bits per heavy atom. The molecular formula is C9H13N3O5S. The molecule has 1 unspecified atom stereocenters. The van der Waals surface area contributed by atoms with Gasteiger partial charge in [-0.25, -0.2) is 13.2 Å². The van der Waals surface area contributed by atoms with Crippen LogP contribution >= 0.6 is 0 Å². The lowest BCUT2D eigenvalue weighted by Gasteiger charge is -2.29. The fraction of sp³-hybridized carbons (Fsp3) is 0.556. The summed E-state index contributed by atoms with van der Waals surface area (Å²) in [7, 11) is -2.09. The van der Waals surface area contributed by atoms with Crippen LogP contribution in [-0.2, 0) is 26.6 Å². The van der Waals surface area contributed by atoms with Crippen molar-refractivity contribution in [3.05, 3.63) is 12.4 Å². The van der Waals surface area contributed by atoms with Crippen LogP contribution in [0.4, 0.5) is 0 Å². The number of hydrogen-bond acceptors (Lipinski definition) is 5. The van der Waals surface area contributed by atoms with Gasteiger partial charge in [-0.1, -0.05) is 0 Å². The van der Waals surface area contributed by atoms with Gasteiger partial charge in [0, 0.05) is 19.8 Å². The van der Waals surface area contributed by atoms with Gasteiger partial charge in [-0.15, -0.1) is 0 Å². The molecule has 0 aliphatic carbocycles. The summed E-state index contributed by atoms with van der Waals surface area (Å²) in [5.41, 5.74) is 0. The van der Waals surface area contributed by atoms with Crippen LogP contribution < -0.4 is 0 Å².